The van der Waals surface area contributed by atoms with Crippen LogP contribution in [-0.2, 0) is 13.5 Å². The first-order chi connectivity index (χ1) is 9.15. The van der Waals surface area contributed by atoms with E-state index >= 15 is 0 Å². The molecule has 6 heteroatoms. The molecule has 0 radical (unpaired) electrons. The first-order valence-electron chi connectivity index (χ1n) is 5.91. The van der Waals surface area contributed by atoms with Gasteiger partial charge in [0.2, 0.25) is 0 Å². The van der Waals surface area contributed by atoms with Crippen molar-refractivity contribution in [2.75, 3.05) is 7.11 Å². The van der Waals surface area contributed by atoms with Gasteiger partial charge in [-0.2, -0.15) is 0 Å². The molecule has 102 valence electrons. The fraction of sp³-hybridized carbons (Fsp3) is 0.308. The maximum atomic E-state index is 5.96. The third kappa shape index (κ3) is 3.07. The number of hydrogen-bond donors (Lipinski definition) is 2. The number of nitrogens with one attached hydrogen (secondary N) is 1. The van der Waals surface area contributed by atoms with E-state index in [4.69, 9.17) is 22.2 Å². The Morgan fingerprint density at radius 2 is 2.32 bits per heavy atom. The van der Waals surface area contributed by atoms with Crippen molar-refractivity contribution in [3.05, 3.63) is 47.0 Å². The van der Waals surface area contributed by atoms with Crippen LogP contribution in [0.2, 0.25) is 5.02 Å². The van der Waals surface area contributed by atoms with E-state index in [1.165, 1.54) is 0 Å². The van der Waals surface area contributed by atoms with Crippen molar-refractivity contribution in [3.8, 4) is 5.75 Å². The second kappa shape index (κ2) is 6.06. The fourth-order valence-corrected chi connectivity index (χ4v) is 2.17. The van der Waals surface area contributed by atoms with E-state index in [1.54, 1.807) is 19.4 Å². The third-order valence-electron chi connectivity index (χ3n) is 3.08. The van der Waals surface area contributed by atoms with E-state index in [1.807, 2.05) is 29.9 Å². The van der Waals surface area contributed by atoms with Gasteiger partial charge in [0, 0.05) is 36.4 Å². The second-order valence-corrected chi connectivity index (χ2v) is 4.70. The number of rotatable bonds is 5. The molecule has 0 fully saturated rings. The molecule has 0 amide bonds. The van der Waals surface area contributed by atoms with Crippen molar-refractivity contribution in [2.24, 2.45) is 12.9 Å². The van der Waals surface area contributed by atoms with Crippen LogP contribution in [-0.4, -0.2) is 16.7 Å². The summed E-state index contributed by atoms with van der Waals surface area (Å²) in [7, 11) is 3.57. The number of aromatic nitrogens is 2. The molecule has 0 bridgehead atoms. The summed E-state index contributed by atoms with van der Waals surface area (Å²) in [5, 5.41) is 0.633. The highest BCUT2D eigenvalue weighted by Crippen LogP contribution is 2.29. The van der Waals surface area contributed by atoms with Gasteiger partial charge in [-0.1, -0.05) is 17.7 Å². The van der Waals surface area contributed by atoms with Gasteiger partial charge in [-0.05, 0) is 12.1 Å². The average molecular weight is 281 g/mol. The molecule has 2 aromatic rings. The molecule has 0 saturated heterocycles. The molecular formula is C13H17ClN4O. The normalized spacial score (nSPS) is 12.4. The van der Waals surface area contributed by atoms with Crippen LogP contribution in [0.4, 0.5) is 0 Å². The molecule has 0 aliphatic heterocycles. The van der Waals surface area contributed by atoms with Gasteiger partial charge in [-0.25, -0.2) is 4.98 Å². The predicted molar refractivity (Wildman–Crippen MR) is 75.0 cm³/mol. The van der Waals surface area contributed by atoms with Crippen molar-refractivity contribution in [2.45, 2.75) is 12.5 Å². The standard InChI is InChI=1S/C13H17ClN4O/c1-18-6-5-16-13(18)8-11(17-15)10-4-3-9(14)7-12(10)19-2/h3-7,11,17H,8,15H2,1-2H3. The summed E-state index contributed by atoms with van der Waals surface area (Å²) >= 11 is 5.96. The number of hydrazine groups is 1. The summed E-state index contributed by atoms with van der Waals surface area (Å²) in [4.78, 5) is 4.30. The van der Waals surface area contributed by atoms with Crippen LogP contribution in [0.1, 0.15) is 17.4 Å². The molecule has 0 saturated carbocycles. The maximum Gasteiger partial charge on any atom is 0.125 e. The van der Waals surface area contributed by atoms with E-state index in [0.717, 1.165) is 11.4 Å². The molecule has 1 aromatic heterocycles. The molecule has 1 aromatic carbocycles. The van der Waals surface area contributed by atoms with Gasteiger partial charge in [0.05, 0.1) is 13.2 Å². The van der Waals surface area contributed by atoms with Gasteiger partial charge >= 0.3 is 0 Å². The number of imidazole rings is 1. The smallest absolute Gasteiger partial charge is 0.125 e. The molecule has 2 rings (SSSR count). The Balaban J connectivity index is 2.29. The molecule has 0 aliphatic carbocycles. The molecule has 0 aliphatic rings. The average Bonchev–Trinajstić information content (AvgIpc) is 2.81. The van der Waals surface area contributed by atoms with E-state index in [9.17, 15) is 0 Å². The fourth-order valence-electron chi connectivity index (χ4n) is 2.01. The lowest BCUT2D eigenvalue weighted by Gasteiger charge is -2.19. The summed E-state index contributed by atoms with van der Waals surface area (Å²) < 4.78 is 7.32. The Hall–Kier alpha value is -1.56. The number of methoxy groups -OCH3 is 1. The van der Waals surface area contributed by atoms with Crippen LogP contribution in [0.5, 0.6) is 5.75 Å². The monoisotopic (exact) mass is 280 g/mol. The number of nitrogens with two attached hydrogens (primary N) is 1. The van der Waals surface area contributed by atoms with Crippen molar-refractivity contribution in [1.29, 1.82) is 0 Å². The number of ether oxygens (including phenoxy) is 1. The van der Waals surface area contributed by atoms with Gasteiger partial charge in [-0.3, -0.25) is 11.3 Å². The summed E-state index contributed by atoms with van der Waals surface area (Å²) in [6, 6.07) is 5.42. The van der Waals surface area contributed by atoms with Crippen molar-refractivity contribution in [3.63, 3.8) is 0 Å². The second-order valence-electron chi connectivity index (χ2n) is 4.26. The zero-order chi connectivity index (χ0) is 13.8. The van der Waals surface area contributed by atoms with Gasteiger partial charge in [0.15, 0.2) is 0 Å². The van der Waals surface area contributed by atoms with Crippen LogP contribution in [0.15, 0.2) is 30.6 Å². The Morgan fingerprint density at radius 1 is 1.53 bits per heavy atom. The molecule has 1 heterocycles. The minimum Gasteiger partial charge on any atom is -0.496 e. The topological polar surface area (TPSA) is 65.1 Å². The van der Waals surface area contributed by atoms with Crippen molar-refractivity contribution < 1.29 is 4.74 Å². The van der Waals surface area contributed by atoms with Crippen LogP contribution in [0.25, 0.3) is 0 Å². The lowest BCUT2D eigenvalue weighted by Crippen LogP contribution is -2.30. The molecule has 3 N–H and O–H groups in total. The van der Waals surface area contributed by atoms with Crippen molar-refractivity contribution >= 4 is 11.6 Å². The summed E-state index contributed by atoms with van der Waals surface area (Å²) in [6.45, 7) is 0. The third-order valence-corrected chi connectivity index (χ3v) is 3.31. The van der Waals surface area contributed by atoms with E-state index in [0.29, 0.717) is 17.2 Å². The zero-order valence-corrected chi connectivity index (χ0v) is 11.7. The quantitative estimate of drug-likeness (QED) is 0.648. The molecule has 5 nitrogen and oxygen atoms in total. The highest BCUT2D eigenvalue weighted by Gasteiger charge is 2.17. The predicted octanol–water partition coefficient (Wildman–Crippen LogP) is 1.83. The van der Waals surface area contributed by atoms with Gasteiger partial charge in [0.1, 0.15) is 11.6 Å². The molecule has 0 spiro atoms. The number of halogens is 1. The first kappa shape index (κ1) is 13.9. The lowest BCUT2D eigenvalue weighted by atomic mass is 10.0. The van der Waals surface area contributed by atoms with Crippen LogP contribution in [0.3, 0.4) is 0 Å². The van der Waals surface area contributed by atoms with Crippen LogP contribution >= 0.6 is 11.6 Å². The minimum atomic E-state index is -0.0895. The maximum absolute atomic E-state index is 5.96. The van der Waals surface area contributed by atoms with E-state index in [-0.39, 0.29) is 6.04 Å². The highest BCUT2D eigenvalue weighted by molar-refractivity contribution is 6.30. The van der Waals surface area contributed by atoms with Gasteiger partial charge in [-0.15, -0.1) is 0 Å². The summed E-state index contributed by atoms with van der Waals surface area (Å²) in [6.07, 6.45) is 4.34. The van der Waals surface area contributed by atoms with Crippen molar-refractivity contribution in [1.82, 2.24) is 15.0 Å². The number of aryl methyl sites for hydroxylation is 1. The largest absolute Gasteiger partial charge is 0.496 e. The number of benzene rings is 1. The summed E-state index contributed by atoms with van der Waals surface area (Å²) in [5.74, 6) is 7.31. The van der Waals surface area contributed by atoms with Gasteiger partial charge in [0.25, 0.3) is 0 Å². The first-order valence-corrected chi connectivity index (χ1v) is 6.29. The Labute approximate surface area is 117 Å². The van der Waals surface area contributed by atoms with E-state index in [2.05, 4.69) is 10.4 Å². The minimum absolute atomic E-state index is 0.0895. The molecular weight excluding hydrogens is 264 g/mol. The highest BCUT2D eigenvalue weighted by atomic mass is 35.5. The van der Waals surface area contributed by atoms with E-state index < -0.39 is 0 Å². The van der Waals surface area contributed by atoms with Crippen LogP contribution < -0.4 is 16.0 Å². The Kier molecular flexibility index (Phi) is 4.42. The number of nitrogens with zero attached hydrogens (tertiary/aromatic N) is 2. The Bertz CT molecular complexity index is 555. The zero-order valence-electron chi connectivity index (χ0n) is 10.9. The SMILES string of the molecule is COc1cc(Cl)ccc1C(Cc1nccn1C)NN. The summed E-state index contributed by atoms with van der Waals surface area (Å²) in [5.41, 5.74) is 3.76. The van der Waals surface area contributed by atoms with Crippen LogP contribution in [0, 0.1) is 0 Å². The van der Waals surface area contributed by atoms with Gasteiger partial charge < -0.3 is 9.30 Å². The molecule has 1 unspecified atom stereocenters. The Morgan fingerprint density at radius 3 is 2.89 bits per heavy atom. The lowest BCUT2D eigenvalue weighted by molar-refractivity contribution is 0.398. The number of hydrogen-bond acceptors (Lipinski definition) is 4. The molecule has 19 heavy (non-hydrogen) atoms. The molecule has 1 atom stereocenters.